The molecule has 0 aromatic rings. The van der Waals surface area contributed by atoms with Crippen LogP contribution in [0.15, 0.2) is 0 Å². The Balaban J connectivity index is 1.74. The summed E-state index contributed by atoms with van der Waals surface area (Å²) < 4.78 is 0. The molecule has 2 unspecified atom stereocenters. The predicted octanol–water partition coefficient (Wildman–Crippen LogP) is 2.74. The first kappa shape index (κ1) is 13.4. The molecule has 0 aromatic carbocycles. The molecule has 100 valence electrons. The van der Waals surface area contributed by atoms with Gasteiger partial charge in [0.1, 0.15) is 0 Å². The molecule has 2 aliphatic rings. The van der Waals surface area contributed by atoms with Crippen molar-refractivity contribution in [1.82, 2.24) is 10.2 Å². The van der Waals surface area contributed by atoms with E-state index >= 15 is 0 Å². The van der Waals surface area contributed by atoms with Crippen molar-refractivity contribution in [1.29, 1.82) is 0 Å². The van der Waals surface area contributed by atoms with Gasteiger partial charge in [-0.1, -0.05) is 39.5 Å². The molecule has 1 aliphatic carbocycles. The van der Waals surface area contributed by atoms with Crippen LogP contribution in [0, 0.1) is 17.8 Å². The Morgan fingerprint density at radius 1 is 1.00 bits per heavy atom. The maximum absolute atomic E-state index is 3.58. The highest BCUT2D eigenvalue weighted by molar-refractivity contribution is 4.75. The van der Waals surface area contributed by atoms with Crippen molar-refractivity contribution in [3.63, 3.8) is 0 Å². The van der Waals surface area contributed by atoms with Crippen molar-refractivity contribution in [2.75, 3.05) is 32.7 Å². The van der Waals surface area contributed by atoms with E-state index in [9.17, 15) is 0 Å². The molecular weight excluding hydrogens is 208 g/mol. The molecule has 0 radical (unpaired) electrons. The summed E-state index contributed by atoms with van der Waals surface area (Å²) in [5.41, 5.74) is 0. The highest BCUT2D eigenvalue weighted by Gasteiger charge is 2.20. The maximum Gasteiger partial charge on any atom is 0.00193 e. The summed E-state index contributed by atoms with van der Waals surface area (Å²) >= 11 is 0. The zero-order valence-corrected chi connectivity index (χ0v) is 11.8. The van der Waals surface area contributed by atoms with Gasteiger partial charge in [0, 0.05) is 13.1 Å². The monoisotopic (exact) mass is 238 g/mol. The summed E-state index contributed by atoms with van der Waals surface area (Å²) in [7, 11) is 0. The summed E-state index contributed by atoms with van der Waals surface area (Å²) in [5.74, 6) is 2.67. The third-order valence-corrected chi connectivity index (χ3v) is 4.45. The first-order valence-electron chi connectivity index (χ1n) is 7.67. The molecule has 0 spiro atoms. The third kappa shape index (κ3) is 4.59. The van der Waals surface area contributed by atoms with Crippen LogP contribution in [0.5, 0.6) is 0 Å². The van der Waals surface area contributed by atoms with Crippen molar-refractivity contribution < 1.29 is 0 Å². The van der Waals surface area contributed by atoms with Gasteiger partial charge < -0.3 is 10.2 Å². The van der Waals surface area contributed by atoms with E-state index in [4.69, 9.17) is 0 Å². The Morgan fingerprint density at radius 2 is 1.59 bits per heavy atom. The smallest absolute Gasteiger partial charge is 0.00193 e. The van der Waals surface area contributed by atoms with Crippen LogP contribution in [0.3, 0.4) is 0 Å². The lowest BCUT2D eigenvalue weighted by Gasteiger charge is -2.32. The molecule has 2 fully saturated rings. The standard InChI is InChI=1S/C15H30N2/c1-13-9-16-10-14(2)12-17(11-13)8-7-15-5-3-4-6-15/h13-16H,3-12H2,1-2H3. The van der Waals surface area contributed by atoms with E-state index < -0.39 is 0 Å². The Hall–Kier alpha value is -0.0800. The van der Waals surface area contributed by atoms with Gasteiger partial charge in [-0.3, -0.25) is 0 Å². The first-order chi connectivity index (χ1) is 8.24. The average molecular weight is 238 g/mol. The zero-order valence-electron chi connectivity index (χ0n) is 11.8. The van der Waals surface area contributed by atoms with Crippen molar-refractivity contribution >= 4 is 0 Å². The van der Waals surface area contributed by atoms with E-state index in [1.54, 1.807) is 0 Å². The van der Waals surface area contributed by atoms with Crippen LogP contribution in [-0.2, 0) is 0 Å². The SMILES string of the molecule is CC1CNCC(C)CN(CCC2CCCC2)C1. The van der Waals surface area contributed by atoms with Crippen LogP contribution in [0.1, 0.15) is 46.0 Å². The Kier molecular flexibility index (Phi) is 5.30. The molecule has 0 aromatic heterocycles. The van der Waals surface area contributed by atoms with E-state index in [0.29, 0.717) is 0 Å². The van der Waals surface area contributed by atoms with Crippen molar-refractivity contribution in [3.8, 4) is 0 Å². The lowest BCUT2D eigenvalue weighted by molar-refractivity contribution is 0.175. The molecular formula is C15H30N2. The number of hydrogen-bond donors (Lipinski definition) is 1. The number of nitrogens with one attached hydrogen (secondary N) is 1. The van der Waals surface area contributed by atoms with E-state index in [1.807, 2.05) is 0 Å². The number of hydrogen-bond acceptors (Lipinski definition) is 2. The summed E-state index contributed by atoms with van der Waals surface area (Å²) in [4.78, 5) is 2.73. The third-order valence-electron chi connectivity index (χ3n) is 4.45. The van der Waals surface area contributed by atoms with Gasteiger partial charge in [-0.2, -0.15) is 0 Å². The van der Waals surface area contributed by atoms with E-state index in [2.05, 4.69) is 24.1 Å². The number of rotatable bonds is 3. The largest absolute Gasteiger partial charge is 0.316 e. The van der Waals surface area contributed by atoms with Crippen molar-refractivity contribution in [2.45, 2.75) is 46.0 Å². The summed E-state index contributed by atoms with van der Waals surface area (Å²) in [6, 6.07) is 0. The van der Waals surface area contributed by atoms with Gasteiger partial charge in [-0.25, -0.2) is 0 Å². The average Bonchev–Trinajstić information content (AvgIpc) is 2.76. The van der Waals surface area contributed by atoms with Crippen LogP contribution >= 0.6 is 0 Å². The van der Waals surface area contributed by atoms with E-state index in [0.717, 1.165) is 17.8 Å². The lowest BCUT2D eigenvalue weighted by atomic mass is 10.0. The van der Waals surface area contributed by atoms with Crippen LogP contribution in [0.25, 0.3) is 0 Å². The minimum absolute atomic E-state index is 0.811. The highest BCUT2D eigenvalue weighted by atomic mass is 15.1. The fraction of sp³-hybridized carbons (Fsp3) is 1.00. The Labute approximate surface area is 107 Å². The first-order valence-corrected chi connectivity index (χ1v) is 7.67. The van der Waals surface area contributed by atoms with Gasteiger partial charge in [-0.15, -0.1) is 0 Å². The topological polar surface area (TPSA) is 15.3 Å². The van der Waals surface area contributed by atoms with Crippen LogP contribution in [0.4, 0.5) is 0 Å². The molecule has 2 rings (SSSR count). The van der Waals surface area contributed by atoms with Gasteiger partial charge in [0.2, 0.25) is 0 Å². The second-order valence-corrected chi connectivity index (χ2v) is 6.57. The van der Waals surface area contributed by atoms with Crippen LogP contribution in [-0.4, -0.2) is 37.6 Å². The molecule has 1 aliphatic heterocycles. The summed E-state index contributed by atoms with van der Waals surface area (Å²) in [6.45, 7) is 11.1. The molecule has 1 N–H and O–H groups in total. The van der Waals surface area contributed by atoms with Crippen LogP contribution in [0.2, 0.25) is 0 Å². The van der Waals surface area contributed by atoms with Gasteiger partial charge in [0.25, 0.3) is 0 Å². The molecule has 0 amide bonds. The minimum atomic E-state index is 0.811. The molecule has 0 bridgehead atoms. The predicted molar refractivity (Wildman–Crippen MR) is 74.2 cm³/mol. The zero-order chi connectivity index (χ0) is 12.1. The van der Waals surface area contributed by atoms with Gasteiger partial charge in [0.05, 0.1) is 0 Å². The van der Waals surface area contributed by atoms with E-state index in [-0.39, 0.29) is 0 Å². The fourth-order valence-electron chi connectivity index (χ4n) is 3.51. The van der Waals surface area contributed by atoms with Crippen molar-refractivity contribution in [3.05, 3.63) is 0 Å². The highest BCUT2D eigenvalue weighted by Crippen LogP contribution is 2.27. The lowest BCUT2D eigenvalue weighted by Crippen LogP contribution is -2.43. The fourth-order valence-corrected chi connectivity index (χ4v) is 3.51. The minimum Gasteiger partial charge on any atom is -0.316 e. The summed E-state index contributed by atoms with van der Waals surface area (Å²) in [6.07, 6.45) is 7.43. The molecule has 2 atom stereocenters. The molecule has 1 heterocycles. The summed E-state index contributed by atoms with van der Waals surface area (Å²) in [5, 5.41) is 3.58. The molecule has 17 heavy (non-hydrogen) atoms. The second kappa shape index (κ2) is 6.75. The van der Waals surface area contributed by atoms with E-state index in [1.165, 1.54) is 64.8 Å². The molecule has 1 saturated heterocycles. The molecule has 2 nitrogen and oxygen atoms in total. The maximum atomic E-state index is 3.58. The normalized spacial score (nSPS) is 33.5. The molecule has 1 saturated carbocycles. The second-order valence-electron chi connectivity index (χ2n) is 6.57. The Morgan fingerprint density at radius 3 is 2.18 bits per heavy atom. The number of nitrogens with zero attached hydrogens (tertiary/aromatic N) is 1. The van der Waals surface area contributed by atoms with Crippen LogP contribution < -0.4 is 5.32 Å². The Bertz CT molecular complexity index is 199. The molecule has 2 heteroatoms. The van der Waals surface area contributed by atoms with Gasteiger partial charge in [0.15, 0.2) is 0 Å². The quantitative estimate of drug-likeness (QED) is 0.813. The van der Waals surface area contributed by atoms with Gasteiger partial charge >= 0.3 is 0 Å². The van der Waals surface area contributed by atoms with Gasteiger partial charge in [-0.05, 0) is 43.8 Å². The van der Waals surface area contributed by atoms with Crippen molar-refractivity contribution in [2.24, 2.45) is 17.8 Å².